The monoisotopic (exact) mass is 279 g/mol. The first kappa shape index (κ1) is 13.8. The van der Waals surface area contributed by atoms with Crippen molar-refractivity contribution in [3.05, 3.63) is 47.5 Å². The van der Waals surface area contributed by atoms with Crippen LogP contribution in [0.25, 0.3) is 0 Å². The largest absolute Gasteiger partial charge is 0.348 e. The van der Waals surface area contributed by atoms with E-state index >= 15 is 0 Å². The molecule has 2 rings (SSSR count). The lowest BCUT2D eigenvalue weighted by Gasteiger charge is -2.08. The molecule has 0 aliphatic heterocycles. The number of benzene rings is 1. The van der Waals surface area contributed by atoms with E-state index in [0.29, 0.717) is 17.9 Å². The summed E-state index contributed by atoms with van der Waals surface area (Å²) in [5.41, 5.74) is 2.78. The van der Waals surface area contributed by atoms with Gasteiger partial charge >= 0.3 is 0 Å². The van der Waals surface area contributed by atoms with Crippen molar-refractivity contribution in [2.24, 2.45) is 0 Å². The molecule has 0 saturated carbocycles. The summed E-state index contributed by atoms with van der Waals surface area (Å²) >= 11 is 0. The van der Waals surface area contributed by atoms with E-state index in [4.69, 9.17) is 0 Å². The molecule has 0 aliphatic rings. The number of nitrogens with zero attached hydrogens (tertiary/aromatic N) is 1. The maximum Gasteiger partial charge on any atom is 0.240 e. The van der Waals surface area contributed by atoms with Crippen molar-refractivity contribution in [3.8, 4) is 0 Å². The first-order chi connectivity index (χ1) is 8.97. The highest BCUT2D eigenvalue weighted by molar-refractivity contribution is 7.89. The predicted molar refractivity (Wildman–Crippen MR) is 73.4 cm³/mol. The molecule has 0 bridgehead atoms. The SMILES string of the molecule is Cc1cc(C)cc(S(=O)(=O)NCCc2cnc[nH]2)c1. The Balaban J connectivity index is 2.05. The molecular weight excluding hydrogens is 262 g/mol. The van der Waals surface area contributed by atoms with Crippen LogP contribution < -0.4 is 4.72 Å². The molecule has 6 heteroatoms. The predicted octanol–water partition coefficient (Wildman–Crippen LogP) is 1.55. The second kappa shape index (κ2) is 5.54. The van der Waals surface area contributed by atoms with Crippen molar-refractivity contribution >= 4 is 10.0 Å². The average Bonchev–Trinajstić information content (AvgIpc) is 2.80. The standard InChI is InChI=1S/C13H17N3O2S/c1-10-5-11(2)7-13(6-10)19(17,18)16-4-3-12-8-14-9-15-12/h5-9,16H,3-4H2,1-2H3,(H,14,15). The smallest absolute Gasteiger partial charge is 0.240 e. The molecule has 102 valence electrons. The van der Waals surface area contributed by atoms with Gasteiger partial charge < -0.3 is 4.98 Å². The van der Waals surface area contributed by atoms with Crippen molar-refractivity contribution in [2.45, 2.75) is 25.2 Å². The van der Waals surface area contributed by atoms with Gasteiger partial charge in [0.05, 0.1) is 11.2 Å². The fourth-order valence-electron chi connectivity index (χ4n) is 1.91. The minimum Gasteiger partial charge on any atom is -0.348 e. The fourth-order valence-corrected chi connectivity index (χ4v) is 3.13. The molecule has 0 spiro atoms. The number of aromatic amines is 1. The van der Waals surface area contributed by atoms with E-state index in [1.165, 1.54) is 0 Å². The summed E-state index contributed by atoms with van der Waals surface area (Å²) in [7, 11) is -3.44. The minimum atomic E-state index is -3.44. The highest BCUT2D eigenvalue weighted by Gasteiger charge is 2.14. The molecule has 19 heavy (non-hydrogen) atoms. The number of hydrogen-bond acceptors (Lipinski definition) is 3. The molecule has 0 amide bonds. The van der Waals surface area contributed by atoms with Crippen LogP contribution in [0.5, 0.6) is 0 Å². The van der Waals surface area contributed by atoms with Crippen LogP contribution in [0.15, 0.2) is 35.6 Å². The van der Waals surface area contributed by atoms with Crippen LogP contribution in [0.1, 0.15) is 16.8 Å². The Morgan fingerprint density at radius 1 is 1.21 bits per heavy atom. The van der Waals surface area contributed by atoms with Crippen molar-refractivity contribution in [1.29, 1.82) is 0 Å². The van der Waals surface area contributed by atoms with Crippen LogP contribution in [-0.4, -0.2) is 24.9 Å². The van der Waals surface area contributed by atoms with Gasteiger partial charge in [0, 0.05) is 24.9 Å². The molecule has 0 radical (unpaired) electrons. The first-order valence-electron chi connectivity index (χ1n) is 6.02. The second-order valence-electron chi connectivity index (χ2n) is 4.55. The fraction of sp³-hybridized carbons (Fsp3) is 0.308. The molecule has 0 aliphatic carbocycles. The zero-order valence-corrected chi connectivity index (χ0v) is 11.8. The Morgan fingerprint density at radius 2 is 1.89 bits per heavy atom. The summed E-state index contributed by atoms with van der Waals surface area (Å²) in [5.74, 6) is 0. The molecule has 0 fully saturated rings. The first-order valence-corrected chi connectivity index (χ1v) is 7.51. The van der Waals surface area contributed by atoms with E-state index in [-0.39, 0.29) is 0 Å². The lowest BCUT2D eigenvalue weighted by atomic mass is 10.2. The third kappa shape index (κ3) is 3.65. The van der Waals surface area contributed by atoms with Gasteiger partial charge in [-0.25, -0.2) is 18.1 Å². The van der Waals surface area contributed by atoms with Gasteiger partial charge in [0.2, 0.25) is 10.0 Å². The molecule has 1 heterocycles. The summed E-state index contributed by atoms with van der Waals surface area (Å²) < 4.78 is 26.8. The van der Waals surface area contributed by atoms with E-state index < -0.39 is 10.0 Å². The highest BCUT2D eigenvalue weighted by Crippen LogP contribution is 2.14. The Kier molecular flexibility index (Phi) is 4.01. The van der Waals surface area contributed by atoms with E-state index in [9.17, 15) is 8.42 Å². The van der Waals surface area contributed by atoms with Crippen molar-refractivity contribution < 1.29 is 8.42 Å². The zero-order chi connectivity index (χ0) is 13.9. The van der Waals surface area contributed by atoms with Gasteiger partial charge in [-0.1, -0.05) is 6.07 Å². The maximum atomic E-state index is 12.1. The van der Waals surface area contributed by atoms with Crippen molar-refractivity contribution in [3.63, 3.8) is 0 Å². The summed E-state index contributed by atoms with van der Waals surface area (Å²) in [6.45, 7) is 4.12. The number of aryl methyl sites for hydroxylation is 2. The number of H-pyrrole nitrogens is 1. The molecule has 0 saturated heterocycles. The molecular formula is C13H17N3O2S. The molecule has 2 aromatic rings. The molecule has 0 atom stereocenters. The van der Waals surface area contributed by atoms with Gasteiger partial charge in [-0.15, -0.1) is 0 Å². The van der Waals surface area contributed by atoms with E-state index in [1.807, 2.05) is 19.9 Å². The number of sulfonamides is 1. The van der Waals surface area contributed by atoms with Crippen LogP contribution in [-0.2, 0) is 16.4 Å². The Bertz CT molecular complexity index is 628. The summed E-state index contributed by atoms with van der Waals surface area (Å²) in [4.78, 5) is 7.14. The average molecular weight is 279 g/mol. The molecule has 1 aromatic heterocycles. The van der Waals surface area contributed by atoms with Crippen LogP contribution in [0.3, 0.4) is 0 Å². The number of nitrogens with one attached hydrogen (secondary N) is 2. The van der Waals surface area contributed by atoms with Gasteiger partial charge in [0.25, 0.3) is 0 Å². The van der Waals surface area contributed by atoms with E-state index in [1.54, 1.807) is 24.7 Å². The quantitative estimate of drug-likeness (QED) is 0.872. The lowest BCUT2D eigenvalue weighted by molar-refractivity contribution is 0.581. The van der Waals surface area contributed by atoms with Gasteiger partial charge in [-0.2, -0.15) is 0 Å². The number of hydrogen-bond donors (Lipinski definition) is 2. The van der Waals surface area contributed by atoms with Crippen molar-refractivity contribution in [2.75, 3.05) is 6.54 Å². The minimum absolute atomic E-state index is 0.314. The lowest BCUT2D eigenvalue weighted by Crippen LogP contribution is -2.26. The summed E-state index contributed by atoms with van der Waals surface area (Å²) in [5, 5.41) is 0. The van der Waals surface area contributed by atoms with E-state index in [2.05, 4.69) is 14.7 Å². The van der Waals surface area contributed by atoms with Crippen LogP contribution >= 0.6 is 0 Å². The maximum absolute atomic E-state index is 12.1. The number of aromatic nitrogens is 2. The van der Waals surface area contributed by atoms with Crippen LogP contribution in [0.4, 0.5) is 0 Å². The van der Waals surface area contributed by atoms with Gasteiger partial charge in [-0.05, 0) is 37.1 Å². The Labute approximate surface area is 113 Å². The van der Waals surface area contributed by atoms with Crippen molar-refractivity contribution in [1.82, 2.24) is 14.7 Å². The molecule has 5 nitrogen and oxygen atoms in total. The molecule has 2 N–H and O–H groups in total. The zero-order valence-electron chi connectivity index (χ0n) is 11.0. The third-order valence-corrected chi connectivity index (χ3v) is 4.19. The topological polar surface area (TPSA) is 74.8 Å². The summed E-state index contributed by atoms with van der Waals surface area (Å²) in [6.07, 6.45) is 3.85. The third-order valence-electron chi connectivity index (χ3n) is 2.75. The molecule has 0 unspecified atom stereocenters. The van der Waals surface area contributed by atoms with Crippen LogP contribution in [0, 0.1) is 13.8 Å². The number of imidazole rings is 1. The highest BCUT2D eigenvalue weighted by atomic mass is 32.2. The van der Waals surface area contributed by atoms with Gasteiger partial charge in [0.1, 0.15) is 0 Å². The van der Waals surface area contributed by atoms with Crippen LogP contribution in [0.2, 0.25) is 0 Å². The Morgan fingerprint density at radius 3 is 2.47 bits per heavy atom. The normalized spacial score (nSPS) is 11.7. The second-order valence-corrected chi connectivity index (χ2v) is 6.31. The molecule has 1 aromatic carbocycles. The van der Waals surface area contributed by atoms with Gasteiger partial charge in [0.15, 0.2) is 0 Å². The van der Waals surface area contributed by atoms with E-state index in [0.717, 1.165) is 16.8 Å². The number of rotatable bonds is 5. The van der Waals surface area contributed by atoms with Gasteiger partial charge in [-0.3, -0.25) is 0 Å². The Hall–Kier alpha value is -1.66. The summed E-state index contributed by atoms with van der Waals surface area (Å²) in [6, 6.07) is 5.29.